The van der Waals surface area contributed by atoms with Gasteiger partial charge in [-0.25, -0.2) is 14.3 Å². The summed E-state index contributed by atoms with van der Waals surface area (Å²) in [4.78, 5) is 26.0. The highest BCUT2D eigenvalue weighted by molar-refractivity contribution is 8.09. The van der Waals surface area contributed by atoms with Crippen LogP contribution in [0.1, 0.15) is 58.2 Å². The molecule has 0 bridgehead atoms. The summed E-state index contributed by atoms with van der Waals surface area (Å²) in [5, 5.41) is 2.76. The lowest BCUT2D eigenvalue weighted by atomic mass is 10.2. The third-order valence-corrected chi connectivity index (χ3v) is 9.38. The molecule has 0 aliphatic rings. The van der Waals surface area contributed by atoms with Gasteiger partial charge in [-0.3, -0.25) is 0 Å². The van der Waals surface area contributed by atoms with Gasteiger partial charge in [-0.2, -0.15) is 0 Å². The minimum Gasteiger partial charge on any atom is -0.497 e. The summed E-state index contributed by atoms with van der Waals surface area (Å²) in [5.74, 6) is 1.82. The molecular weight excluding hydrogens is 625 g/mol. The Morgan fingerprint density at radius 3 is 1.59 bits per heavy atom. The van der Waals surface area contributed by atoms with Gasteiger partial charge in [0.05, 0.1) is 7.11 Å². The summed E-state index contributed by atoms with van der Waals surface area (Å²) in [6, 6.07) is 22.4. The number of benzene rings is 3. The Bertz CT molecular complexity index is 1490. The van der Waals surface area contributed by atoms with Crippen molar-refractivity contribution in [1.29, 1.82) is 0 Å². The summed E-state index contributed by atoms with van der Waals surface area (Å²) in [7, 11) is 5.19. The van der Waals surface area contributed by atoms with E-state index in [1.165, 1.54) is 4.90 Å². The van der Waals surface area contributed by atoms with Gasteiger partial charge in [-0.15, -0.1) is 0 Å². The first kappa shape index (κ1) is 36.7. The largest absolute Gasteiger partial charge is 0.497 e. The second-order valence-corrected chi connectivity index (χ2v) is 16.2. The molecule has 250 valence electrons. The van der Waals surface area contributed by atoms with Gasteiger partial charge in [-0.1, -0.05) is 36.4 Å². The van der Waals surface area contributed by atoms with Crippen molar-refractivity contribution in [3.8, 4) is 17.2 Å². The van der Waals surface area contributed by atoms with Crippen LogP contribution in [0.3, 0.4) is 0 Å². The zero-order valence-electron chi connectivity index (χ0n) is 28.2. The minimum atomic E-state index is -3.13. The summed E-state index contributed by atoms with van der Waals surface area (Å²) in [6.07, 6.45) is -0.886. The highest BCUT2D eigenvalue weighted by Gasteiger charge is 2.29. The molecule has 3 aromatic rings. The first-order valence-electron chi connectivity index (χ1n) is 14.9. The maximum absolute atomic E-state index is 12.4. The van der Waals surface area contributed by atoms with E-state index in [0.717, 1.165) is 22.4 Å². The number of methoxy groups -OCH3 is 1. The van der Waals surface area contributed by atoms with Crippen LogP contribution in [-0.2, 0) is 40.9 Å². The SMILES string of the molecule is COc1ccc(CN(C)P(=S)(Oc2ccc(CNC(=O)OC(C)(C)C)cc2)Oc2ccc(CN(C)C(=O)OC(C)(C)C)cc2)cc1. The number of alkyl carbamates (subject to hydrolysis) is 1. The van der Waals surface area contributed by atoms with Crippen molar-refractivity contribution in [1.82, 2.24) is 14.9 Å². The normalized spacial score (nSPS) is 12.9. The van der Waals surface area contributed by atoms with Gasteiger partial charge < -0.3 is 33.5 Å². The average molecular weight is 672 g/mol. The van der Waals surface area contributed by atoms with Crippen LogP contribution in [-0.4, -0.2) is 54.2 Å². The van der Waals surface area contributed by atoms with E-state index in [1.54, 1.807) is 26.3 Å². The van der Waals surface area contributed by atoms with E-state index in [4.69, 9.17) is 35.1 Å². The summed E-state index contributed by atoms with van der Waals surface area (Å²) >= 11 is 6.12. The van der Waals surface area contributed by atoms with Crippen LogP contribution in [0.2, 0.25) is 0 Å². The van der Waals surface area contributed by atoms with Gasteiger partial charge in [0.1, 0.15) is 28.5 Å². The third-order valence-electron chi connectivity index (χ3n) is 6.24. The van der Waals surface area contributed by atoms with Crippen LogP contribution in [0.25, 0.3) is 0 Å². The smallest absolute Gasteiger partial charge is 0.410 e. The lowest BCUT2D eigenvalue weighted by Gasteiger charge is -2.31. The Kier molecular flexibility index (Phi) is 12.5. The van der Waals surface area contributed by atoms with E-state index < -0.39 is 30.0 Å². The zero-order chi connectivity index (χ0) is 34.1. The zero-order valence-corrected chi connectivity index (χ0v) is 29.9. The van der Waals surface area contributed by atoms with Crippen molar-refractivity contribution in [2.75, 3.05) is 21.2 Å². The summed E-state index contributed by atoms with van der Waals surface area (Å²) < 4.78 is 30.8. The maximum atomic E-state index is 12.4. The third kappa shape index (κ3) is 12.2. The molecule has 0 aliphatic heterocycles. The van der Waals surface area contributed by atoms with Crippen molar-refractivity contribution < 1.29 is 32.8 Å². The van der Waals surface area contributed by atoms with Crippen molar-refractivity contribution >= 4 is 30.6 Å². The number of rotatable bonds is 12. The van der Waals surface area contributed by atoms with Crippen LogP contribution in [0.15, 0.2) is 72.8 Å². The molecule has 0 saturated heterocycles. The lowest BCUT2D eigenvalue weighted by molar-refractivity contribution is 0.0284. The number of carbonyl (C=O) groups is 2. The van der Waals surface area contributed by atoms with E-state index in [2.05, 4.69) is 5.32 Å². The highest BCUT2D eigenvalue weighted by Crippen LogP contribution is 2.52. The Morgan fingerprint density at radius 1 is 0.696 bits per heavy atom. The van der Waals surface area contributed by atoms with Crippen molar-refractivity contribution in [3.63, 3.8) is 0 Å². The number of nitrogens with zero attached hydrogens (tertiary/aromatic N) is 2. The Labute approximate surface area is 278 Å². The molecule has 0 heterocycles. The number of carbonyl (C=O) groups excluding carboxylic acids is 2. The molecule has 0 radical (unpaired) electrons. The molecule has 3 rings (SSSR count). The van der Waals surface area contributed by atoms with Gasteiger partial charge in [0, 0.05) is 38.5 Å². The molecular formula is C34H46N3O7PS. The Balaban J connectivity index is 1.76. The van der Waals surface area contributed by atoms with Gasteiger partial charge in [-0.05, 0) is 102 Å². The lowest BCUT2D eigenvalue weighted by Crippen LogP contribution is -2.33. The second kappa shape index (κ2) is 15.7. The number of nitrogens with one attached hydrogen (secondary N) is 1. The summed E-state index contributed by atoms with van der Waals surface area (Å²) in [6.45, 7) is 8.96. The number of hydrogen-bond acceptors (Lipinski definition) is 8. The average Bonchev–Trinajstić information content (AvgIpc) is 2.96. The molecule has 10 nitrogen and oxygen atoms in total. The van der Waals surface area contributed by atoms with E-state index >= 15 is 0 Å². The fourth-order valence-electron chi connectivity index (χ4n) is 4.00. The minimum absolute atomic E-state index is 0.298. The molecule has 1 atom stereocenters. The van der Waals surface area contributed by atoms with Gasteiger partial charge >= 0.3 is 18.8 Å². The molecule has 0 spiro atoms. The predicted molar refractivity (Wildman–Crippen MR) is 184 cm³/mol. The first-order valence-corrected chi connectivity index (χ1v) is 17.5. The fourth-order valence-corrected chi connectivity index (χ4v) is 6.12. The predicted octanol–water partition coefficient (Wildman–Crippen LogP) is 7.90. The molecule has 3 aromatic carbocycles. The van der Waals surface area contributed by atoms with E-state index in [-0.39, 0.29) is 0 Å². The van der Waals surface area contributed by atoms with E-state index in [9.17, 15) is 9.59 Å². The molecule has 1 N–H and O–H groups in total. The molecule has 0 fully saturated rings. The fraction of sp³-hybridized carbons (Fsp3) is 0.412. The van der Waals surface area contributed by atoms with E-state index in [0.29, 0.717) is 31.1 Å². The van der Waals surface area contributed by atoms with Crippen molar-refractivity contribution in [3.05, 3.63) is 89.5 Å². The number of ether oxygens (including phenoxy) is 3. The molecule has 12 heteroatoms. The van der Waals surface area contributed by atoms with Crippen molar-refractivity contribution in [2.45, 2.75) is 72.4 Å². The van der Waals surface area contributed by atoms with Crippen LogP contribution in [0.4, 0.5) is 9.59 Å². The molecule has 0 saturated carbocycles. The molecule has 0 aromatic heterocycles. The van der Waals surface area contributed by atoms with Crippen LogP contribution >= 0.6 is 6.64 Å². The van der Waals surface area contributed by atoms with E-state index in [1.807, 2.05) is 114 Å². The van der Waals surface area contributed by atoms with Gasteiger partial charge in [0.25, 0.3) is 0 Å². The van der Waals surface area contributed by atoms with Crippen LogP contribution in [0.5, 0.6) is 17.2 Å². The Morgan fingerprint density at radius 2 is 1.13 bits per heavy atom. The maximum Gasteiger partial charge on any atom is 0.410 e. The monoisotopic (exact) mass is 671 g/mol. The number of hydrogen-bond donors (Lipinski definition) is 1. The van der Waals surface area contributed by atoms with Crippen LogP contribution < -0.4 is 19.1 Å². The van der Waals surface area contributed by atoms with Crippen molar-refractivity contribution in [2.24, 2.45) is 0 Å². The molecule has 0 aliphatic carbocycles. The molecule has 46 heavy (non-hydrogen) atoms. The van der Waals surface area contributed by atoms with Gasteiger partial charge in [0.15, 0.2) is 0 Å². The quantitative estimate of drug-likeness (QED) is 0.193. The molecule has 2 amide bonds. The standard InChI is InChI=1S/C34H46N3O7PS/c1-33(2,3)41-31(38)35-22-25-10-18-29(19-11-25)43-45(46,37(8)24-27-12-16-28(40-9)17-13-27)44-30-20-14-26(15-21-30)23-36(7)32(39)42-34(4,5)6/h10-21H,22-24H2,1-9H3,(H,35,38). The Hall–Kier alpha value is -3.79. The number of amides is 2. The molecule has 1 unspecified atom stereocenters. The van der Waals surface area contributed by atoms with Gasteiger partial charge in [0.2, 0.25) is 0 Å². The summed E-state index contributed by atoms with van der Waals surface area (Å²) in [5.41, 5.74) is 1.62. The highest BCUT2D eigenvalue weighted by atomic mass is 32.5. The van der Waals surface area contributed by atoms with Crippen LogP contribution in [0, 0.1) is 0 Å². The topological polar surface area (TPSA) is 98.8 Å². The first-order chi connectivity index (χ1) is 21.4. The second-order valence-electron chi connectivity index (χ2n) is 12.8.